The van der Waals surface area contributed by atoms with E-state index in [1.807, 2.05) is 0 Å². The lowest BCUT2D eigenvalue weighted by Crippen LogP contribution is -2.30. The molecule has 1 atom stereocenters. The summed E-state index contributed by atoms with van der Waals surface area (Å²) in [5, 5.41) is 0.662. The van der Waals surface area contributed by atoms with Crippen molar-refractivity contribution < 1.29 is 23.4 Å². The Kier molecular flexibility index (Phi) is 4.51. The second kappa shape index (κ2) is 6.15. The van der Waals surface area contributed by atoms with Crippen molar-refractivity contribution in [2.75, 3.05) is 14.2 Å². The first-order chi connectivity index (χ1) is 9.55. The molecule has 106 valence electrons. The standard InChI is InChI=1S/C13H11BrFNO4/c1-18-12(17)13(19-2)20-11-4-7-3-8(14)6-16-10(7)5-9(11)15/h3-6,13H,1-2H3. The van der Waals surface area contributed by atoms with Crippen LogP contribution in [0.1, 0.15) is 0 Å². The van der Waals surface area contributed by atoms with E-state index < -0.39 is 18.1 Å². The summed E-state index contributed by atoms with van der Waals surface area (Å²) in [7, 11) is 2.45. The molecular formula is C13H11BrFNO4. The van der Waals surface area contributed by atoms with Crippen LogP contribution in [-0.4, -0.2) is 31.5 Å². The lowest BCUT2D eigenvalue weighted by atomic mass is 10.2. The van der Waals surface area contributed by atoms with Crippen molar-refractivity contribution in [3.8, 4) is 5.75 Å². The number of benzene rings is 1. The Morgan fingerprint density at radius 1 is 1.35 bits per heavy atom. The van der Waals surface area contributed by atoms with Crippen LogP contribution in [-0.2, 0) is 14.3 Å². The van der Waals surface area contributed by atoms with Crippen LogP contribution in [0.15, 0.2) is 28.9 Å². The van der Waals surface area contributed by atoms with Gasteiger partial charge in [-0.05, 0) is 28.1 Å². The summed E-state index contributed by atoms with van der Waals surface area (Å²) in [6.45, 7) is 0. The van der Waals surface area contributed by atoms with Crippen molar-refractivity contribution in [1.82, 2.24) is 4.98 Å². The molecule has 1 heterocycles. The Labute approximate surface area is 122 Å². The molecule has 0 spiro atoms. The highest BCUT2D eigenvalue weighted by molar-refractivity contribution is 9.10. The molecule has 1 aromatic heterocycles. The molecule has 0 bridgehead atoms. The van der Waals surface area contributed by atoms with E-state index in [1.165, 1.54) is 26.4 Å². The number of nitrogens with zero attached hydrogens (tertiary/aromatic N) is 1. The van der Waals surface area contributed by atoms with Crippen molar-refractivity contribution >= 4 is 32.8 Å². The Balaban J connectivity index is 2.38. The van der Waals surface area contributed by atoms with Gasteiger partial charge in [0.2, 0.25) is 0 Å². The maximum absolute atomic E-state index is 13.9. The highest BCUT2D eigenvalue weighted by Gasteiger charge is 2.22. The molecule has 0 aliphatic rings. The fourth-order valence-corrected chi connectivity index (χ4v) is 1.95. The minimum absolute atomic E-state index is 0.116. The molecule has 0 radical (unpaired) electrons. The van der Waals surface area contributed by atoms with Gasteiger partial charge in [-0.25, -0.2) is 9.18 Å². The Bertz CT molecular complexity index is 650. The van der Waals surface area contributed by atoms with E-state index in [0.717, 1.165) is 4.47 Å². The molecule has 1 aromatic carbocycles. The number of hydrogen-bond acceptors (Lipinski definition) is 5. The summed E-state index contributed by atoms with van der Waals surface area (Å²) in [6.07, 6.45) is 0.237. The van der Waals surface area contributed by atoms with Crippen LogP contribution in [0.2, 0.25) is 0 Å². The Morgan fingerprint density at radius 3 is 2.75 bits per heavy atom. The van der Waals surface area contributed by atoms with E-state index >= 15 is 0 Å². The smallest absolute Gasteiger partial charge is 0.376 e. The number of hydrogen-bond donors (Lipinski definition) is 0. The highest BCUT2D eigenvalue weighted by atomic mass is 79.9. The van der Waals surface area contributed by atoms with Gasteiger partial charge in [-0.2, -0.15) is 0 Å². The van der Waals surface area contributed by atoms with E-state index in [9.17, 15) is 9.18 Å². The molecule has 20 heavy (non-hydrogen) atoms. The lowest BCUT2D eigenvalue weighted by Gasteiger charge is -2.15. The van der Waals surface area contributed by atoms with Gasteiger partial charge in [0, 0.05) is 29.2 Å². The highest BCUT2D eigenvalue weighted by Crippen LogP contribution is 2.26. The molecule has 2 rings (SSSR count). The lowest BCUT2D eigenvalue weighted by molar-refractivity contribution is -0.170. The van der Waals surface area contributed by atoms with E-state index in [2.05, 4.69) is 25.7 Å². The zero-order valence-electron chi connectivity index (χ0n) is 10.7. The molecule has 0 aliphatic heterocycles. The summed E-state index contributed by atoms with van der Waals surface area (Å²) >= 11 is 3.28. The zero-order valence-corrected chi connectivity index (χ0v) is 12.3. The molecule has 1 unspecified atom stereocenters. The van der Waals surface area contributed by atoms with E-state index in [4.69, 9.17) is 9.47 Å². The number of esters is 1. The second-order valence-electron chi connectivity index (χ2n) is 3.84. The van der Waals surface area contributed by atoms with Crippen molar-refractivity contribution in [2.45, 2.75) is 6.29 Å². The van der Waals surface area contributed by atoms with Gasteiger partial charge in [-0.1, -0.05) is 0 Å². The van der Waals surface area contributed by atoms with Crippen LogP contribution in [0.25, 0.3) is 10.9 Å². The number of pyridine rings is 1. The minimum Gasteiger partial charge on any atom is -0.464 e. The number of halogens is 2. The van der Waals surface area contributed by atoms with Gasteiger partial charge in [0.15, 0.2) is 11.6 Å². The second-order valence-corrected chi connectivity index (χ2v) is 4.75. The van der Waals surface area contributed by atoms with E-state index in [-0.39, 0.29) is 5.75 Å². The summed E-state index contributed by atoms with van der Waals surface area (Å²) in [4.78, 5) is 15.4. The van der Waals surface area contributed by atoms with Gasteiger partial charge in [0.1, 0.15) is 0 Å². The van der Waals surface area contributed by atoms with Crippen LogP contribution in [0.5, 0.6) is 5.75 Å². The molecule has 2 aromatic rings. The van der Waals surface area contributed by atoms with Crippen LogP contribution < -0.4 is 4.74 Å². The molecule has 0 saturated carbocycles. The first-order valence-corrected chi connectivity index (χ1v) is 6.36. The van der Waals surface area contributed by atoms with Gasteiger partial charge in [-0.3, -0.25) is 4.98 Å². The normalized spacial score (nSPS) is 12.2. The predicted octanol–water partition coefficient (Wildman–Crippen LogP) is 2.66. The Hall–Kier alpha value is -1.73. The first-order valence-electron chi connectivity index (χ1n) is 5.57. The van der Waals surface area contributed by atoms with Crippen LogP contribution in [0.4, 0.5) is 4.39 Å². The molecule has 7 heteroatoms. The average Bonchev–Trinajstić information content (AvgIpc) is 2.44. The zero-order chi connectivity index (χ0) is 14.7. The van der Waals surface area contributed by atoms with Crippen molar-refractivity contribution in [3.63, 3.8) is 0 Å². The minimum atomic E-state index is -1.33. The maximum atomic E-state index is 13.9. The number of methoxy groups -OCH3 is 2. The van der Waals surface area contributed by atoms with E-state index in [0.29, 0.717) is 10.9 Å². The van der Waals surface area contributed by atoms with Gasteiger partial charge in [0.05, 0.1) is 12.6 Å². The number of aromatic nitrogens is 1. The number of fused-ring (bicyclic) bond motifs is 1. The van der Waals surface area contributed by atoms with Gasteiger partial charge >= 0.3 is 5.97 Å². The third-order valence-corrected chi connectivity index (χ3v) is 2.98. The fourth-order valence-electron chi connectivity index (χ4n) is 1.60. The largest absolute Gasteiger partial charge is 0.464 e. The predicted molar refractivity (Wildman–Crippen MR) is 72.8 cm³/mol. The quantitative estimate of drug-likeness (QED) is 0.631. The van der Waals surface area contributed by atoms with E-state index in [1.54, 1.807) is 12.3 Å². The molecular weight excluding hydrogens is 333 g/mol. The third-order valence-electron chi connectivity index (χ3n) is 2.54. The van der Waals surface area contributed by atoms with Gasteiger partial charge < -0.3 is 14.2 Å². The number of rotatable bonds is 4. The maximum Gasteiger partial charge on any atom is 0.376 e. The summed E-state index contributed by atoms with van der Waals surface area (Å²) in [6, 6.07) is 4.42. The molecule has 5 nitrogen and oxygen atoms in total. The summed E-state index contributed by atoms with van der Waals surface area (Å²) in [5.74, 6) is -1.51. The van der Waals surface area contributed by atoms with Crippen LogP contribution in [0, 0.1) is 5.82 Å². The SMILES string of the molecule is COC(=O)C(OC)Oc1cc2cc(Br)cnc2cc1F. The van der Waals surface area contributed by atoms with Crippen molar-refractivity contribution in [2.24, 2.45) is 0 Å². The molecule has 0 saturated heterocycles. The van der Waals surface area contributed by atoms with Crippen LogP contribution in [0.3, 0.4) is 0 Å². The molecule has 0 amide bonds. The van der Waals surface area contributed by atoms with Gasteiger partial charge in [-0.15, -0.1) is 0 Å². The van der Waals surface area contributed by atoms with Crippen LogP contribution >= 0.6 is 15.9 Å². The fraction of sp³-hybridized carbons (Fsp3) is 0.231. The molecule has 0 fully saturated rings. The number of carbonyl (C=O) groups excluding carboxylic acids is 1. The first kappa shape index (κ1) is 14.7. The molecule has 0 N–H and O–H groups in total. The number of ether oxygens (including phenoxy) is 3. The topological polar surface area (TPSA) is 57.7 Å². The van der Waals surface area contributed by atoms with Crippen molar-refractivity contribution in [3.05, 3.63) is 34.7 Å². The Morgan fingerprint density at radius 2 is 2.10 bits per heavy atom. The van der Waals surface area contributed by atoms with Crippen molar-refractivity contribution in [1.29, 1.82) is 0 Å². The monoisotopic (exact) mass is 343 g/mol. The van der Waals surface area contributed by atoms with Gasteiger partial charge in [0.25, 0.3) is 6.29 Å². The third kappa shape index (κ3) is 3.05. The summed E-state index contributed by atoms with van der Waals surface area (Å²) in [5.41, 5.74) is 0.477. The molecule has 0 aliphatic carbocycles. The number of carbonyl (C=O) groups is 1. The summed E-state index contributed by atoms with van der Waals surface area (Å²) < 4.78 is 29.1. The average molecular weight is 344 g/mol.